The van der Waals surface area contributed by atoms with Crippen LogP contribution in [0.5, 0.6) is 0 Å². The van der Waals surface area contributed by atoms with Crippen molar-refractivity contribution < 1.29 is 33.3 Å². The number of carbonyl (C=O) groups is 2. The van der Waals surface area contributed by atoms with E-state index in [4.69, 9.17) is 36.0 Å². The zero-order chi connectivity index (χ0) is 31.1. The zero-order valence-electron chi connectivity index (χ0n) is 25.5. The Labute approximate surface area is 246 Å². The highest BCUT2D eigenvalue weighted by Gasteiger charge is 2.46. The van der Waals surface area contributed by atoms with Crippen LogP contribution < -0.4 is 11.1 Å². The number of amides is 2. The van der Waals surface area contributed by atoms with Crippen molar-refractivity contribution >= 4 is 49.2 Å². The van der Waals surface area contributed by atoms with E-state index in [1.807, 2.05) is 0 Å². The van der Waals surface area contributed by atoms with Crippen molar-refractivity contribution in [1.82, 2.24) is 19.5 Å². The van der Waals surface area contributed by atoms with E-state index < -0.39 is 50.1 Å². The SMILES string of the molecule is CC(C)(C)OC(=O)Nc1nc2c(CC(C)(C)OC(N)=O)nc(Cl)nc2n1[C@@H]1O[C@H](CO)C[C@H]1O[Si](C)(C)C(C)(C)C. The molecule has 3 atom stereocenters. The van der Waals surface area contributed by atoms with Crippen molar-refractivity contribution in [2.24, 2.45) is 5.73 Å². The molecule has 1 aliphatic heterocycles. The third-order valence-electron chi connectivity index (χ3n) is 7.02. The molecule has 0 bridgehead atoms. The van der Waals surface area contributed by atoms with Gasteiger partial charge in [0.1, 0.15) is 16.7 Å². The molecule has 2 aromatic heterocycles. The van der Waals surface area contributed by atoms with E-state index in [0.29, 0.717) is 17.6 Å². The number of rotatable bonds is 8. The first-order chi connectivity index (χ1) is 18.6. The number of anilines is 1. The van der Waals surface area contributed by atoms with Crippen LogP contribution in [0.4, 0.5) is 15.5 Å². The molecule has 230 valence electrons. The molecule has 0 radical (unpaired) electrons. The Morgan fingerprint density at radius 2 is 1.76 bits per heavy atom. The van der Waals surface area contributed by atoms with Crippen molar-refractivity contribution in [3.8, 4) is 0 Å². The van der Waals surface area contributed by atoms with Gasteiger partial charge in [-0.3, -0.25) is 9.88 Å². The van der Waals surface area contributed by atoms with Gasteiger partial charge in [-0.2, -0.15) is 4.98 Å². The zero-order valence-corrected chi connectivity index (χ0v) is 27.3. The molecule has 2 aromatic rings. The van der Waals surface area contributed by atoms with E-state index in [0.717, 1.165) is 0 Å². The van der Waals surface area contributed by atoms with E-state index in [-0.39, 0.29) is 34.9 Å². The highest BCUT2D eigenvalue weighted by Crippen LogP contribution is 2.43. The van der Waals surface area contributed by atoms with Gasteiger partial charge in [-0.25, -0.2) is 19.6 Å². The predicted molar refractivity (Wildman–Crippen MR) is 156 cm³/mol. The summed E-state index contributed by atoms with van der Waals surface area (Å²) in [7, 11) is -2.31. The van der Waals surface area contributed by atoms with Gasteiger partial charge in [-0.1, -0.05) is 20.8 Å². The lowest BCUT2D eigenvalue weighted by atomic mass is 10.0. The third kappa shape index (κ3) is 8.06. The summed E-state index contributed by atoms with van der Waals surface area (Å²) in [5.74, 6) is 0.0631. The summed E-state index contributed by atoms with van der Waals surface area (Å²) in [6.07, 6.45) is -3.05. The Kier molecular flexibility index (Phi) is 9.36. The van der Waals surface area contributed by atoms with Crippen molar-refractivity contribution in [3.63, 3.8) is 0 Å². The van der Waals surface area contributed by atoms with E-state index >= 15 is 0 Å². The van der Waals surface area contributed by atoms with Crippen LogP contribution in [0.3, 0.4) is 0 Å². The van der Waals surface area contributed by atoms with Crippen molar-refractivity contribution in [1.29, 1.82) is 0 Å². The van der Waals surface area contributed by atoms with Crippen LogP contribution in [0.1, 0.15) is 73.7 Å². The maximum atomic E-state index is 12.9. The molecule has 0 aliphatic carbocycles. The normalized spacial score (nSPS) is 20.3. The lowest BCUT2D eigenvalue weighted by Gasteiger charge is -2.39. The second kappa shape index (κ2) is 11.6. The average Bonchev–Trinajstić information content (AvgIpc) is 3.30. The molecule has 0 aromatic carbocycles. The smallest absolute Gasteiger partial charge is 0.414 e. The van der Waals surface area contributed by atoms with Crippen LogP contribution in [0, 0.1) is 0 Å². The number of aliphatic hydroxyl groups is 1. The van der Waals surface area contributed by atoms with Crippen molar-refractivity contribution in [3.05, 3.63) is 11.0 Å². The fourth-order valence-electron chi connectivity index (χ4n) is 4.28. The van der Waals surface area contributed by atoms with Crippen LogP contribution >= 0.6 is 11.6 Å². The van der Waals surface area contributed by atoms with Crippen molar-refractivity contribution in [2.45, 2.75) is 116 Å². The molecule has 1 aliphatic rings. The highest BCUT2D eigenvalue weighted by atomic mass is 35.5. The average molecular weight is 615 g/mol. The molecular formula is C26H43ClN6O7Si. The van der Waals surface area contributed by atoms with Gasteiger partial charge in [0.25, 0.3) is 0 Å². The second-order valence-corrected chi connectivity index (χ2v) is 18.5. The van der Waals surface area contributed by atoms with Crippen LogP contribution in [-0.2, 0) is 25.1 Å². The Hall–Kier alpha value is -2.52. The summed E-state index contributed by atoms with van der Waals surface area (Å²) in [6, 6.07) is 0. The van der Waals surface area contributed by atoms with Gasteiger partial charge in [0, 0.05) is 12.8 Å². The number of nitrogens with two attached hydrogens (primary N) is 1. The quantitative estimate of drug-likeness (QED) is 0.274. The largest absolute Gasteiger partial charge is 0.444 e. The minimum Gasteiger partial charge on any atom is -0.444 e. The molecule has 13 nitrogen and oxygen atoms in total. The number of primary amides is 1. The number of imidazole rings is 1. The standard InChI is InChI=1S/C26H43ClN6O7Si/c1-24(2,3)39-23(36)32-22-30-17-15(12-26(7,8)38-21(28)35)29-20(27)31-18(17)33(22)19-16(11-14(13-34)37-19)40-41(9,10)25(4,5)6/h14,16,19,34H,11-13H2,1-10H3,(H2,28,35)(H,30,32,36)/t14-,16+,19+/m0/s1. The summed E-state index contributed by atoms with van der Waals surface area (Å²) in [6.45, 7) is 19.0. The maximum absolute atomic E-state index is 12.9. The van der Waals surface area contributed by atoms with Gasteiger partial charge in [-0.05, 0) is 64.4 Å². The fraction of sp³-hybridized carbons (Fsp3) is 0.731. The van der Waals surface area contributed by atoms with Gasteiger partial charge in [0.15, 0.2) is 20.2 Å². The van der Waals surface area contributed by atoms with Gasteiger partial charge < -0.3 is 29.5 Å². The molecule has 41 heavy (non-hydrogen) atoms. The summed E-state index contributed by atoms with van der Waals surface area (Å²) in [4.78, 5) is 37.9. The van der Waals surface area contributed by atoms with Crippen LogP contribution in [0.2, 0.25) is 23.4 Å². The summed E-state index contributed by atoms with van der Waals surface area (Å²) >= 11 is 6.38. The molecule has 15 heteroatoms. The van der Waals surface area contributed by atoms with Crippen molar-refractivity contribution in [2.75, 3.05) is 11.9 Å². The Balaban J connectivity index is 2.21. The highest BCUT2D eigenvalue weighted by molar-refractivity contribution is 6.74. The molecule has 4 N–H and O–H groups in total. The topological polar surface area (TPSA) is 173 Å². The molecule has 2 amide bonds. The lowest BCUT2D eigenvalue weighted by molar-refractivity contribution is -0.0449. The van der Waals surface area contributed by atoms with Crippen LogP contribution in [0.15, 0.2) is 0 Å². The number of halogens is 1. The number of carbonyl (C=O) groups excluding carboxylic acids is 2. The molecule has 1 fully saturated rings. The molecule has 3 heterocycles. The first-order valence-electron chi connectivity index (χ1n) is 13.5. The van der Waals surface area contributed by atoms with Gasteiger partial charge in [0.05, 0.1) is 24.5 Å². The maximum Gasteiger partial charge on any atom is 0.414 e. The molecule has 3 rings (SSSR count). The molecular weight excluding hydrogens is 572 g/mol. The Morgan fingerprint density at radius 3 is 2.29 bits per heavy atom. The summed E-state index contributed by atoms with van der Waals surface area (Å²) < 4.78 is 25.4. The van der Waals surface area contributed by atoms with E-state index in [1.54, 1.807) is 39.2 Å². The van der Waals surface area contributed by atoms with Crippen LogP contribution in [0.25, 0.3) is 11.2 Å². The fourth-order valence-corrected chi connectivity index (χ4v) is 5.79. The predicted octanol–water partition coefficient (Wildman–Crippen LogP) is 4.91. The first-order valence-corrected chi connectivity index (χ1v) is 16.8. The molecule has 0 spiro atoms. The van der Waals surface area contributed by atoms with Crippen LogP contribution in [-0.4, -0.2) is 75.1 Å². The Bertz CT molecular complexity index is 1290. The second-order valence-electron chi connectivity index (χ2n) is 13.4. The van der Waals surface area contributed by atoms with E-state index in [2.05, 4.69) is 54.1 Å². The monoisotopic (exact) mass is 614 g/mol. The number of fused-ring (bicyclic) bond motifs is 1. The third-order valence-corrected chi connectivity index (χ3v) is 11.7. The van der Waals surface area contributed by atoms with Gasteiger partial charge >= 0.3 is 12.2 Å². The van der Waals surface area contributed by atoms with Gasteiger partial charge in [-0.15, -0.1) is 0 Å². The van der Waals surface area contributed by atoms with Gasteiger partial charge in [0.2, 0.25) is 11.2 Å². The minimum atomic E-state index is -2.31. The number of aromatic nitrogens is 4. The number of nitrogens with one attached hydrogen (secondary N) is 1. The number of nitrogens with zero attached hydrogens (tertiary/aromatic N) is 4. The number of ether oxygens (including phenoxy) is 3. The Morgan fingerprint density at radius 1 is 1.12 bits per heavy atom. The van der Waals surface area contributed by atoms with E-state index in [9.17, 15) is 14.7 Å². The number of hydrogen-bond acceptors (Lipinski definition) is 10. The molecule has 1 saturated heterocycles. The minimum absolute atomic E-state index is 0.0631. The van der Waals surface area contributed by atoms with E-state index in [1.165, 1.54) is 0 Å². The first kappa shape index (κ1) is 33.0. The molecule has 0 saturated carbocycles. The number of hydrogen-bond donors (Lipinski definition) is 3. The summed E-state index contributed by atoms with van der Waals surface area (Å²) in [5, 5.41) is 12.5. The lowest BCUT2D eigenvalue weighted by Crippen LogP contribution is -2.45. The summed E-state index contributed by atoms with van der Waals surface area (Å²) in [5.41, 5.74) is 4.35. The molecule has 0 unspecified atom stereocenters. The number of aliphatic hydroxyl groups excluding tert-OH is 1.